The van der Waals surface area contributed by atoms with Crippen molar-refractivity contribution in [1.82, 2.24) is 4.90 Å². The van der Waals surface area contributed by atoms with Gasteiger partial charge in [-0.2, -0.15) is 0 Å². The number of nitrogens with zero attached hydrogens (tertiary/aromatic N) is 1. The SMILES string of the molecule is Cc1cc(OC2CCN(C(=O)CCc3cccc4ccccc34)C2)cc(=O)o1. The Morgan fingerprint density at radius 3 is 2.86 bits per heavy atom. The molecule has 1 amide bonds. The molecule has 1 saturated heterocycles. The van der Waals surface area contributed by atoms with Crippen molar-refractivity contribution in [3.8, 4) is 5.75 Å². The Balaban J connectivity index is 1.35. The van der Waals surface area contributed by atoms with Crippen molar-refractivity contribution < 1.29 is 13.9 Å². The van der Waals surface area contributed by atoms with Gasteiger partial charge in [-0.1, -0.05) is 42.5 Å². The number of aryl methyl sites for hydroxylation is 2. The van der Waals surface area contributed by atoms with Gasteiger partial charge in [0, 0.05) is 25.5 Å². The highest BCUT2D eigenvalue weighted by Crippen LogP contribution is 2.22. The fraction of sp³-hybridized carbons (Fsp3) is 0.304. The quantitative estimate of drug-likeness (QED) is 0.680. The molecule has 1 aromatic heterocycles. The van der Waals surface area contributed by atoms with E-state index in [0.717, 1.165) is 12.8 Å². The molecule has 1 atom stereocenters. The van der Waals surface area contributed by atoms with E-state index >= 15 is 0 Å². The van der Waals surface area contributed by atoms with E-state index in [1.54, 1.807) is 13.0 Å². The summed E-state index contributed by atoms with van der Waals surface area (Å²) in [6.07, 6.45) is 1.87. The number of likely N-dealkylation sites (tertiary alicyclic amines) is 1. The molecule has 5 heteroatoms. The average molecular weight is 377 g/mol. The summed E-state index contributed by atoms with van der Waals surface area (Å²) in [5, 5.41) is 2.41. The first kappa shape index (κ1) is 18.3. The summed E-state index contributed by atoms with van der Waals surface area (Å²) in [5.74, 6) is 1.16. The molecule has 0 spiro atoms. The Labute approximate surface area is 163 Å². The van der Waals surface area contributed by atoms with E-state index in [-0.39, 0.29) is 12.0 Å². The van der Waals surface area contributed by atoms with Crippen molar-refractivity contribution in [2.24, 2.45) is 0 Å². The van der Waals surface area contributed by atoms with E-state index in [1.165, 1.54) is 22.4 Å². The summed E-state index contributed by atoms with van der Waals surface area (Å²) < 4.78 is 10.8. The van der Waals surface area contributed by atoms with Crippen LogP contribution < -0.4 is 10.4 Å². The predicted molar refractivity (Wildman–Crippen MR) is 108 cm³/mol. The molecule has 1 aliphatic heterocycles. The Bertz CT molecular complexity index is 1050. The molecular weight excluding hydrogens is 354 g/mol. The van der Waals surface area contributed by atoms with Gasteiger partial charge in [0.15, 0.2) is 0 Å². The second-order valence-electron chi connectivity index (χ2n) is 7.23. The molecule has 0 radical (unpaired) electrons. The highest BCUT2D eigenvalue weighted by atomic mass is 16.5. The zero-order chi connectivity index (χ0) is 19.5. The lowest BCUT2D eigenvalue weighted by molar-refractivity contribution is -0.130. The average Bonchev–Trinajstić information content (AvgIpc) is 3.14. The first-order chi connectivity index (χ1) is 13.6. The number of carbonyl (C=O) groups excluding carboxylic acids is 1. The molecule has 1 fully saturated rings. The lowest BCUT2D eigenvalue weighted by atomic mass is 10.0. The third kappa shape index (κ3) is 4.09. The maximum atomic E-state index is 12.7. The minimum absolute atomic E-state index is 0.0947. The van der Waals surface area contributed by atoms with Gasteiger partial charge in [0.05, 0.1) is 12.6 Å². The van der Waals surface area contributed by atoms with Gasteiger partial charge in [-0.05, 0) is 29.7 Å². The van der Waals surface area contributed by atoms with E-state index < -0.39 is 5.63 Å². The fourth-order valence-corrected chi connectivity index (χ4v) is 3.80. The van der Waals surface area contributed by atoms with Crippen molar-refractivity contribution in [1.29, 1.82) is 0 Å². The molecule has 1 aliphatic rings. The summed E-state index contributed by atoms with van der Waals surface area (Å²) in [7, 11) is 0. The first-order valence-corrected chi connectivity index (χ1v) is 9.61. The molecule has 0 bridgehead atoms. The van der Waals surface area contributed by atoms with Crippen LogP contribution in [-0.4, -0.2) is 30.0 Å². The number of amides is 1. The van der Waals surface area contributed by atoms with Crippen LogP contribution in [0, 0.1) is 6.92 Å². The summed E-state index contributed by atoms with van der Waals surface area (Å²) >= 11 is 0. The summed E-state index contributed by atoms with van der Waals surface area (Å²) in [6, 6.07) is 17.5. The molecule has 0 aliphatic carbocycles. The molecule has 4 rings (SSSR count). The summed E-state index contributed by atoms with van der Waals surface area (Å²) in [6.45, 7) is 2.94. The van der Waals surface area contributed by atoms with Gasteiger partial charge in [-0.15, -0.1) is 0 Å². The van der Waals surface area contributed by atoms with Gasteiger partial charge < -0.3 is 14.1 Å². The largest absolute Gasteiger partial charge is 0.488 e. The third-order valence-electron chi connectivity index (χ3n) is 5.16. The second kappa shape index (κ2) is 7.89. The minimum atomic E-state index is -0.420. The van der Waals surface area contributed by atoms with Crippen LogP contribution >= 0.6 is 0 Å². The number of carbonyl (C=O) groups is 1. The van der Waals surface area contributed by atoms with E-state index in [9.17, 15) is 9.59 Å². The number of hydrogen-bond donors (Lipinski definition) is 0. The molecule has 28 heavy (non-hydrogen) atoms. The van der Waals surface area contributed by atoms with Crippen LogP contribution in [0.2, 0.25) is 0 Å². The van der Waals surface area contributed by atoms with Crippen molar-refractivity contribution in [2.75, 3.05) is 13.1 Å². The van der Waals surface area contributed by atoms with E-state index in [0.29, 0.717) is 31.0 Å². The van der Waals surface area contributed by atoms with Crippen molar-refractivity contribution in [3.63, 3.8) is 0 Å². The first-order valence-electron chi connectivity index (χ1n) is 9.61. The van der Waals surface area contributed by atoms with Crippen molar-refractivity contribution in [3.05, 3.63) is 76.3 Å². The standard InChI is InChI=1S/C23H23NO4/c1-16-13-20(14-23(26)27-16)28-19-11-12-24(15-19)22(25)10-9-18-7-4-6-17-5-2-3-8-21(17)18/h2-8,13-14,19H,9-12,15H2,1H3. The zero-order valence-corrected chi connectivity index (χ0v) is 15.9. The molecular formula is C23H23NO4. The van der Waals surface area contributed by atoms with Crippen molar-refractivity contribution in [2.45, 2.75) is 32.3 Å². The third-order valence-corrected chi connectivity index (χ3v) is 5.16. The van der Waals surface area contributed by atoms with Gasteiger partial charge in [-0.25, -0.2) is 4.79 Å². The summed E-state index contributed by atoms with van der Waals surface area (Å²) in [5.41, 5.74) is 0.779. The molecule has 2 aromatic carbocycles. The van der Waals surface area contributed by atoms with Gasteiger partial charge in [0.2, 0.25) is 5.91 Å². The molecule has 2 heterocycles. The van der Waals surface area contributed by atoms with Gasteiger partial charge in [0.1, 0.15) is 17.6 Å². The lowest BCUT2D eigenvalue weighted by Gasteiger charge is -2.17. The van der Waals surface area contributed by atoms with Crippen LogP contribution in [0.25, 0.3) is 10.8 Å². The Morgan fingerprint density at radius 2 is 2.00 bits per heavy atom. The summed E-state index contributed by atoms with van der Waals surface area (Å²) in [4.78, 5) is 26.0. The Kier molecular flexibility index (Phi) is 5.15. The molecule has 0 saturated carbocycles. The molecule has 144 valence electrons. The van der Waals surface area contributed by atoms with E-state index in [4.69, 9.17) is 9.15 Å². The van der Waals surface area contributed by atoms with Crippen LogP contribution in [0.5, 0.6) is 5.75 Å². The second-order valence-corrected chi connectivity index (χ2v) is 7.23. The highest BCUT2D eigenvalue weighted by molar-refractivity contribution is 5.86. The Hall–Kier alpha value is -3.08. The maximum absolute atomic E-state index is 12.7. The lowest BCUT2D eigenvalue weighted by Crippen LogP contribution is -2.31. The molecule has 1 unspecified atom stereocenters. The molecule has 3 aromatic rings. The fourth-order valence-electron chi connectivity index (χ4n) is 3.80. The van der Waals surface area contributed by atoms with Crippen molar-refractivity contribution >= 4 is 16.7 Å². The van der Waals surface area contributed by atoms with Crippen LogP contribution in [0.15, 0.2) is 63.8 Å². The monoisotopic (exact) mass is 377 g/mol. The van der Waals surface area contributed by atoms with Gasteiger partial charge >= 0.3 is 5.63 Å². The van der Waals surface area contributed by atoms with E-state index in [2.05, 4.69) is 24.3 Å². The van der Waals surface area contributed by atoms with E-state index in [1.807, 2.05) is 23.1 Å². The van der Waals surface area contributed by atoms with Crippen LogP contribution in [0.1, 0.15) is 24.2 Å². The normalized spacial score (nSPS) is 16.5. The molecule has 5 nitrogen and oxygen atoms in total. The maximum Gasteiger partial charge on any atom is 0.339 e. The Morgan fingerprint density at radius 1 is 1.18 bits per heavy atom. The van der Waals surface area contributed by atoms with Crippen LogP contribution in [0.3, 0.4) is 0 Å². The predicted octanol–water partition coefficient (Wildman–Crippen LogP) is 3.71. The number of rotatable bonds is 5. The number of fused-ring (bicyclic) bond motifs is 1. The zero-order valence-electron chi connectivity index (χ0n) is 15.9. The molecule has 0 N–H and O–H groups in total. The van der Waals surface area contributed by atoms with Gasteiger partial charge in [-0.3, -0.25) is 4.79 Å². The highest BCUT2D eigenvalue weighted by Gasteiger charge is 2.27. The van der Waals surface area contributed by atoms with Crippen LogP contribution in [0.4, 0.5) is 0 Å². The topological polar surface area (TPSA) is 59.8 Å². The smallest absolute Gasteiger partial charge is 0.339 e. The number of hydrogen-bond acceptors (Lipinski definition) is 4. The van der Waals surface area contributed by atoms with Crippen LogP contribution in [-0.2, 0) is 11.2 Å². The minimum Gasteiger partial charge on any atom is -0.488 e. The van der Waals surface area contributed by atoms with Gasteiger partial charge in [0.25, 0.3) is 0 Å². The number of benzene rings is 2. The number of ether oxygens (including phenoxy) is 1.